The van der Waals surface area contributed by atoms with Crippen molar-refractivity contribution < 1.29 is 4.79 Å². The van der Waals surface area contributed by atoms with Crippen molar-refractivity contribution >= 4 is 5.91 Å². The summed E-state index contributed by atoms with van der Waals surface area (Å²) in [7, 11) is 0. The van der Waals surface area contributed by atoms with Crippen LogP contribution in [0.5, 0.6) is 0 Å². The Balaban J connectivity index is 2.77. The number of nitriles is 1. The van der Waals surface area contributed by atoms with E-state index in [4.69, 9.17) is 5.26 Å². The van der Waals surface area contributed by atoms with Gasteiger partial charge in [-0.25, -0.2) is 0 Å². The predicted molar refractivity (Wildman–Crippen MR) is 71.9 cm³/mol. The summed E-state index contributed by atoms with van der Waals surface area (Å²) in [6.45, 7) is 6.19. The van der Waals surface area contributed by atoms with E-state index in [9.17, 15) is 4.79 Å². The Hall–Kier alpha value is -1.82. The van der Waals surface area contributed by atoms with Gasteiger partial charge in [0.05, 0.1) is 6.07 Å². The summed E-state index contributed by atoms with van der Waals surface area (Å²) < 4.78 is 0. The highest BCUT2D eigenvalue weighted by molar-refractivity contribution is 5.76. The van der Waals surface area contributed by atoms with Gasteiger partial charge < -0.3 is 5.32 Å². The molecule has 1 unspecified atom stereocenters. The summed E-state index contributed by atoms with van der Waals surface area (Å²) in [5.41, 5.74) is 2.07. The summed E-state index contributed by atoms with van der Waals surface area (Å²) in [5.74, 6) is 0.395. The molecule has 0 spiro atoms. The van der Waals surface area contributed by atoms with Crippen molar-refractivity contribution in [2.75, 3.05) is 0 Å². The van der Waals surface area contributed by atoms with Crippen molar-refractivity contribution in [2.45, 2.75) is 45.6 Å². The Labute approximate surface area is 109 Å². The molecule has 0 heterocycles. The Morgan fingerprint density at radius 3 is 2.28 bits per heavy atom. The predicted octanol–water partition coefficient (Wildman–Crippen LogP) is 3.29. The molecule has 1 N–H and O–H groups in total. The molecule has 96 valence electrons. The highest BCUT2D eigenvalue weighted by Gasteiger charge is 2.13. The van der Waals surface area contributed by atoms with Crippen molar-refractivity contribution in [3.63, 3.8) is 0 Å². The molecule has 1 rings (SSSR count). The first-order valence-electron chi connectivity index (χ1n) is 6.37. The van der Waals surface area contributed by atoms with E-state index in [1.165, 1.54) is 5.56 Å². The summed E-state index contributed by atoms with van der Waals surface area (Å²) in [5, 5.41) is 11.8. The van der Waals surface area contributed by atoms with Crippen LogP contribution in [0, 0.1) is 11.3 Å². The molecule has 3 nitrogen and oxygen atoms in total. The van der Waals surface area contributed by atoms with Crippen molar-refractivity contribution in [1.82, 2.24) is 5.32 Å². The first-order valence-corrected chi connectivity index (χ1v) is 6.37. The lowest BCUT2D eigenvalue weighted by Gasteiger charge is -2.13. The molecule has 1 amide bonds. The quantitative estimate of drug-likeness (QED) is 0.864. The van der Waals surface area contributed by atoms with E-state index in [2.05, 4.69) is 25.2 Å². The number of benzene rings is 1. The number of hydrogen-bond donors (Lipinski definition) is 1. The van der Waals surface area contributed by atoms with Gasteiger partial charge in [-0.1, -0.05) is 45.0 Å². The summed E-state index contributed by atoms with van der Waals surface area (Å²) in [6.07, 6.45) is 1.25. The maximum absolute atomic E-state index is 11.5. The van der Waals surface area contributed by atoms with Gasteiger partial charge in [0.15, 0.2) is 0 Å². The second-order valence-corrected chi connectivity index (χ2v) is 4.70. The van der Waals surface area contributed by atoms with E-state index >= 15 is 0 Å². The zero-order valence-corrected chi connectivity index (χ0v) is 11.2. The van der Waals surface area contributed by atoms with Crippen LogP contribution in [0.2, 0.25) is 0 Å². The highest BCUT2D eigenvalue weighted by atomic mass is 16.1. The molecule has 0 saturated heterocycles. The van der Waals surface area contributed by atoms with E-state index in [1.807, 2.05) is 31.2 Å². The monoisotopic (exact) mass is 244 g/mol. The fraction of sp³-hybridized carbons (Fsp3) is 0.467. The lowest BCUT2D eigenvalue weighted by Crippen LogP contribution is -2.27. The molecule has 0 fully saturated rings. The number of nitrogens with zero attached hydrogens (tertiary/aromatic N) is 1. The maximum Gasteiger partial charge on any atom is 0.221 e. The van der Waals surface area contributed by atoms with Crippen LogP contribution < -0.4 is 5.32 Å². The second kappa shape index (κ2) is 6.80. The number of amides is 1. The minimum absolute atomic E-state index is 0.0722. The van der Waals surface area contributed by atoms with Gasteiger partial charge in [-0.2, -0.15) is 5.26 Å². The van der Waals surface area contributed by atoms with Crippen LogP contribution in [-0.2, 0) is 4.79 Å². The van der Waals surface area contributed by atoms with Crippen LogP contribution in [-0.4, -0.2) is 5.91 Å². The number of hydrogen-bond acceptors (Lipinski definition) is 2. The van der Waals surface area contributed by atoms with Crippen molar-refractivity contribution in [3.8, 4) is 6.07 Å². The molecule has 18 heavy (non-hydrogen) atoms. The topological polar surface area (TPSA) is 52.9 Å². The van der Waals surface area contributed by atoms with E-state index < -0.39 is 6.04 Å². The van der Waals surface area contributed by atoms with Gasteiger partial charge in [0.2, 0.25) is 5.91 Å². The Morgan fingerprint density at radius 1 is 1.28 bits per heavy atom. The van der Waals surface area contributed by atoms with Crippen molar-refractivity contribution in [3.05, 3.63) is 35.4 Å². The fourth-order valence-corrected chi connectivity index (χ4v) is 1.72. The molecule has 1 aromatic carbocycles. The zero-order valence-electron chi connectivity index (χ0n) is 11.2. The molecular formula is C15H20N2O. The normalized spacial score (nSPS) is 11.9. The lowest BCUT2D eigenvalue weighted by molar-refractivity contribution is -0.121. The highest BCUT2D eigenvalue weighted by Crippen LogP contribution is 2.18. The van der Waals surface area contributed by atoms with Crippen LogP contribution in [0.25, 0.3) is 0 Å². The number of carbonyl (C=O) groups is 1. The SMILES string of the molecule is CCCC(=O)NC(C#N)c1ccc(C(C)C)cc1. The van der Waals surface area contributed by atoms with Crippen molar-refractivity contribution in [2.24, 2.45) is 0 Å². The van der Waals surface area contributed by atoms with Crippen LogP contribution in [0.4, 0.5) is 0 Å². The van der Waals surface area contributed by atoms with Gasteiger partial charge in [0, 0.05) is 6.42 Å². The maximum atomic E-state index is 11.5. The van der Waals surface area contributed by atoms with Gasteiger partial charge in [0.25, 0.3) is 0 Å². The van der Waals surface area contributed by atoms with Gasteiger partial charge in [-0.3, -0.25) is 4.79 Å². The molecule has 0 aliphatic heterocycles. The average Bonchev–Trinajstić information content (AvgIpc) is 2.36. The van der Waals surface area contributed by atoms with Crippen LogP contribution >= 0.6 is 0 Å². The zero-order chi connectivity index (χ0) is 13.5. The second-order valence-electron chi connectivity index (χ2n) is 4.70. The Kier molecular flexibility index (Phi) is 5.38. The smallest absolute Gasteiger partial charge is 0.221 e. The summed E-state index contributed by atoms with van der Waals surface area (Å²) >= 11 is 0. The first kappa shape index (κ1) is 14.2. The van der Waals surface area contributed by atoms with Crippen LogP contribution in [0.15, 0.2) is 24.3 Å². The third-order valence-corrected chi connectivity index (χ3v) is 2.85. The molecule has 0 aliphatic carbocycles. The minimum Gasteiger partial charge on any atom is -0.337 e. The molecule has 3 heteroatoms. The number of rotatable bonds is 5. The first-order chi connectivity index (χ1) is 8.58. The fourth-order valence-electron chi connectivity index (χ4n) is 1.72. The number of nitrogens with one attached hydrogen (secondary N) is 1. The Bertz CT molecular complexity index is 429. The summed E-state index contributed by atoms with van der Waals surface area (Å²) in [4.78, 5) is 11.5. The molecule has 0 saturated carbocycles. The van der Waals surface area contributed by atoms with Crippen LogP contribution in [0.1, 0.15) is 56.7 Å². The van der Waals surface area contributed by atoms with Crippen LogP contribution in [0.3, 0.4) is 0 Å². The molecule has 1 atom stereocenters. The van der Waals surface area contributed by atoms with Gasteiger partial charge in [0.1, 0.15) is 6.04 Å². The molecule has 0 bridgehead atoms. The van der Waals surface area contributed by atoms with Gasteiger partial charge in [-0.15, -0.1) is 0 Å². The molecular weight excluding hydrogens is 224 g/mol. The number of carbonyl (C=O) groups excluding carboxylic acids is 1. The third-order valence-electron chi connectivity index (χ3n) is 2.85. The molecule has 0 aliphatic rings. The molecule has 0 aromatic heterocycles. The van der Waals surface area contributed by atoms with E-state index in [-0.39, 0.29) is 5.91 Å². The lowest BCUT2D eigenvalue weighted by atomic mass is 9.99. The Morgan fingerprint density at radius 2 is 1.83 bits per heavy atom. The minimum atomic E-state index is -0.551. The van der Waals surface area contributed by atoms with E-state index in [0.29, 0.717) is 12.3 Å². The average molecular weight is 244 g/mol. The molecule has 0 radical (unpaired) electrons. The summed E-state index contributed by atoms with van der Waals surface area (Å²) in [6, 6.07) is 9.42. The van der Waals surface area contributed by atoms with Crippen molar-refractivity contribution in [1.29, 1.82) is 5.26 Å². The van der Waals surface area contributed by atoms with E-state index in [0.717, 1.165) is 12.0 Å². The standard InChI is InChI=1S/C15H20N2O/c1-4-5-15(18)17-14(10-16)13-8-6-12(7-9-13)11(2)3/h6-9,11,14H,4-5H2,1-3H3,(H,17,18). The largest absolute Gasteiger partial charge is 0.337 e. The van der Waals surface area contributed by atoms with E-state index in [1.54, 1.807) is 0 Å². The third kappa shape index (κ3) is 3.89. The molecule has 1 aromatic rings. The van der Waals surface area contributed by atoms with Gasteiger partial charge >= 0.3 is 0 Å². The van der Waals surface area contributed by atoms with Gasteiger partial charge in [-0.05, 0) is 23.5 Å².